The molecule has 27 heavy (non-hydrogen) atoms. The van der Waals surface area contributed by atoms with E-state index >= 15 is 0 Å². The van der Waals surface area contributed by atoms with Crippen molar-refractivity contribution in [1.82, 2.24) is 0 Å². The maximum Gasteiger partial charge on any atom is 0.133 e. The summed E-state index contributed by atoms with van der Waals surface area (Å²) in [5.41, 5.74) is 6.13. The Kier molecular flexibility index (Phi) is 5.51. The van der Waals surface area contributed by atoms with E-state index < -0.39 is 0 Å². The summed E-state index contributed by atoms with van der Waals surface area (Å²) in [7, 11) is 0. The molecule has 0 unspecified atom stereocenters. The fourth-order valence-corrected chi connectivity index (χ4v) is 3.04. The minimum Gasteiger partial charge on any atom is -0.457 e. The van der Waals surface area contributed by atoms with Gasteiger partial charge in [-0.2, -0.15) is 0 Å². The van der Waals surface area contributed by atoms with Gasteiger partial charge in [0.1, 0.15) is 11.5 Å². The second kappa shape index (κ2) is 7.84. The summed E-state index contributed by atoms with van der Waals surface area (Å²) < 4.78 is 6.25. The molecule has 0 fully saturated rings. The Bertz CT molecular complexity index is 905. The predicted octanol–water partition coefficient (Wildman–Crippen LogP) is 7.48. The van der Waals surface area contributed by atoms with Crippen molar-refractivity contribution in [1.29, 1.82) is 0 Å². The first-order chi connectivity index (χ1) is 12.8. The minimum absolute atomic E-state index is 0.144. The maximum atomic E-state index is 6.25. The van der Waals surface area contributed by atoms with Crippen LogP contribution >= 0.6 is 0 Å². The summed E-state index contributed by atoms with van der Waals surface area (Å²) >= 11 is 0. The predicted molar refractivity (Wildman–Crippen MR) is 116 cm³/mol. The molecule has 3 aromatic carbocycles. The largest absolute Gasteiger partial charge is 0.457 e. The van der Waals surface area contributed by atoms with E-state index in [2.05, 4.69) is 107 Å². The van der Waals surface area contributed by atoms with Crippen LogP contribution in [0.2, 0.25) is 0 Å². The van der Waals surface area contributed by atoms with Crippen LogP contribution in [0.25, 0.3) is 16.9 Å². The first-order valence-electron chi connectivity index (χ1n) is 9.46. The molecule has 1 heteroatoms. The zero-order valence-electron chi connectivity index (χ0n) is 16.9. The van der Waals surface area contributed by atoms with Crippen molar-refractivity contribution in [3.05, 3.63) is 95.6 Å². The molecule has 0 saturated heterocycles. The Labute approximate surface area is 163 Å². The maximum absolute atomic E-state index is 6.25. The van der Waals surface area contributed by atoms with Crippen molar-refractivity contribution in [2.75, 3.05) is 0 Å². The molecule has 3 aromatic rings. The monoisotopic (exact) mass is 356 g/mol. The Morgan fingerprint density at radius 2 is 1.22 bits per heavy atom. The average Bonchev–Trinajstić information content (AvgIpc) is 2.66. The van der Waals surface area contributed by atoms with Crippen LogP contribution < -0.4 is 4.74 Å². The van der Waals surface area contributed by atoms with Gasteiger partial charge in [0.2, 0.25) is 0 Å². The number of allylic oxidation sites excluding steroid dienone is 1. The van der Waals surface area contributed by atoms with Gasteiger partial charge in [0.15, 0.2) is 0 Å². The third-order valence-electron chi connectivity index (χ3n) is 4.65. The molecule has 0 radical (unpaired) electrons. The smallest absolute Gasteiger partial charge is 0.133 e. The molecule has 0 N–H and O–H groups in total. The van der Waals surface area contributed by atoms with Gasteiger partial charge < -0.3 is 4.74 Å². The molecule has 0 heterocycles. The van der Waals surface area contributed by atoms with Crippen LogP contribution in [0.3, 0.4) is 0 Å². The molecule has 0 saturated carbocycles. The van der Waals surface area contributed by atoms with Crippen molar-refractivity contribution < 1.29 is 4.74 Å². The number of ether oxygens (including phenoxy) is 1. The molecule has 138 valence electrons. The van der Waals surface area contributed by atoms with Gasteiger partial charge in [0.05, 0.1) is 0 Å². The first kappa shape index (κ1) is 19.0. The zero-order valence-corrected chi connectivity index (χ0v) is 16.9. The van der Waals surface area contributed by atoms with Crippen LogP contribution in [0.1, 0.15) is 45.7 Å². The molecule has 0 aromatic heterocycles. The van der Waals surface area contributed by atoms with Crippen molar-refractivity contribution in [3.63, 3.8) is 0 Å². The van der Waals surface area contributed by atoms with Crippen LogP contribution in [0.5, 0.6) is 5.75 Å². The third-order valence-corrected chi connectivity index (χ3v) is 4.65. The average molecular weight is 357 g/mol. The van der Waals surface area contributed by atoms with Crippen LogP contribution in [0.4, 0.5) is 0 Å². The fraction of sp³-hybridized carbons (Fsp3) is 0.231. The molecule has 0 atom stereocenters. The highest BCUT2D eigenvalue weighted by molar-refractivity contribution is 5.69. The van der Waals surface area contributed by atoms with E-state index in [4.69, 9.17) is 4.74 Å². The molecule has 0 amide bonds. The standard InChI is InChI=1S/C26H28O/c1-19(2)25(27-24-17-15-23(16-18-24)26(3,4)5)22-13-11-21(12-14-22)20-9-7-6-8-10-20/h6-18H,1-5H3. The summed E-state index contributed by atoms with van der Waals surface area (Å²) in [6.07, 6.45) is 0. The van der Waals surface area contributed by atoms with Gasteiger partial charge in [0, 0.05) is 5.56 Å². The lowest BCUT2D eigenvalue weighted by Gasteiger charge is -2.19. The number of hydrogen-bond acceptors (Lipinski definition) is 1. The van der Waals surface area contributed by atoms with Gasteiger partial charge in [-0.1, -0.05) is 87.5 Å². The highest BCUT2D eigenvalue weighted by atomic mass is 16.5. The van der Waals surface area contributed by atoms with Gasteiger partial charge in [-0.15, -0.1) is 0 Å². The lowest BCUT2D eigenvalue weighted by atomic mass is 9.87. The molecule has 0 aliphatic heterocycles. The van der Waals surface area contributed by atoms with Gasteiger partial charge in [-0.05, 0) is 53.7 Å². The molecule has 0 aliphatic rings. The van der Waals surface area contributed by atoms with Crippen LogP contribution in [-0.4, -0.2) is 0 Å². The van der Waals surface area contributed by atoms with E-state index in [1.807, 2.05) is 6.07 Å². The third kappa shape index (κ3) is 4.68. The van der Waals surface area contributed by atoms with E-state index in [9.17, 15) is 0 Å². The lowest BCUT2D eigenvalue weighted by Crippen LogP contribution is -2.10. The van der Waals surface area contributed by atoms with Crippen molar-refractivity contribution in [2.45, 2.75) is 40.0 Å². The van der Waals surface area contributed by atoms with Crippen LogP contribution in [-0.2, 0) is 5.41 Å². The molecule has 3 rings (SSSR count). The van der Waals surface area contributed by atoms with E-state index in [-0.39, 0.29) is 5.41 Å². The number of benzene rings is 3. The van der Waals surface area contributed by atoms with Gasteiger partial charge in [-0.3, -0.25) is 0 Å². The quantitative estimate of drug-likeness (QED) is 0.440. The van der Waals surface area contributed by atoms with Gasteiger partial charge in [0.25, 0.3) is 0 Å². The first-order valence-corrected chi connectivity index (χ1v) is 9.46. The Balaban J connectivity index is 1.83. The van der Waals surface area contributed by atoms with E-state index in [0.29, 0.717) is 0 Å². The topological polar surface area (TPSA) is 9.23 Å². The van der Waals surface area contributed by atoms with Crippen molar-refractivity contribution in [2.24, 2.45) is 0 Å². The molecule has 0 aliphatic carbocycles. The molecule has 1 nitrogen and oxygen atoms in total. The Morgan fingerprint density at radius 3 is 1.74 bits per heavy atom. The normalized spacial score (nSPS) is 11.1. The highest BCUT2D eigenvalue weighted by Crippen LogP contribution is 2.29. The lowest BCUT2D eigenvalue weighted by molar-refractivity contribution is 0.508. The van der Waals surface area contributed by atoms with Gasteiger partial charge in [-0.25, -0.2) is 0 Å². The minimum atomic E-state index is 0.144. The Morgan fingerprint density at radius 1 is 0.667 bits per heavy atom. The Hall–Kier alpha value is -2.80. The summed E-state index contributed by atoms with van der Waals surface area (Å²) in [5.74, 6) is 1.78. The van der Waals surface area contributed by atoms with E-state index in [1.54, 1.807) is 0 Å². The van der Waals surface area contributed by atoms with Gasteiger partial charge >= 0.3 is 0 Å². The fourth-order valence-electron chi connectivity index (χ4n) is 3.04. The van der Waals surface area contributed by atoms with Crippen molar-refractivity contribution >= 4 is 5.76 Å². The van der Waals surface area contributed by atoms with E-state index in [1.165, 1.54) is 16.7 Å². The SMILES string of the molecule is CC(C)=C(Oc1ccc(C(C)(C)C)cc1)c1ccc(-c2ccccc2)cc1. The van der Waals surface area contributed by atoms with E-state index in [0.717, 1.165) is 22.6 Å². The zero-order chi connectivity index (χ0) is 19.4. The second-order valence-electron chi connectivity index (χ2n) is 8.15. The summed E-state index contributed by atoms with van der Waals surface area (Å²) in [6.45, 7) is 10.8. The highest BCUT2D eigenvalue weighted by Gasteiger charge is 2.14. The molecule has 0 bridgehead atoms. The van der Waals surface area contributed by atoms with Crippen LogP contribution in [0, 0.1) is 0 Å². The summed E-state index contributed by atoms with van der Waals surface area (Å²) in [5, 5.41) is 0. The molecule has 0 spiro atoms. The number of hydrogen-bond donors (Lipinski definition) is 0. The second-order valence-corrected chi connectivity index (χ2v) is 8.15. The summed E-state index contributed by atoms with van der Waals surface area (Å²) in [4.78, 5) is 0. The van der Waals surface area contributed by atoms with Crippen molar-refractivity contribution in [3.8, 4) is 16.9 Å². The number of rotatable bonds is 4. The molecular weight excluding hydrogens is 328 g/mol. The molecular formula is C26H28O. The van der Waals surface area contributed by atoms with Crippen LogP contribution in [0.15, 0.2) is 84.4 Å². The summed E-state index contributed by atoms with van der Waals surface area (Å²) in [6, 6.07) is 27.4.